The molecule has 0 aliphatic rings. The third-order valence-electron chi connectivity index (χ3n) is 3.40. The highest BCUT2D eigenvalue weighted by Gasteiger charge is 2.05. The van der Waals surface area contributed by atoms with Crippen molar-refractivity contribution in [3.05, 3.63) is 45.9 Å². The highest BCUT2D eigenvalue weighted by atomic mass is 127. The number of ether oxygens (including phenoxy) is 1. The molecule has 1 aromatic carbocycles. The summed E-state index contributed by atoms with van der Waals surface area (Å²) in [6, 6.07) is 7.04. The zero-order chi connectivity index (χ0) is 18.8. The molecule has 150 valence electrons. The van der Waals surface area contributed by atoms with Gasteiger partial charge in [0.05, 0.1) is 13.1 Å². The first-order chi connectivity index (χ1) is 12.6. The van der Waals surface area contributed by atoms with Crippen LogP contribution in [0.4, 0.5) is 8.78 Å². The summed E-state index contributed by atoms with van der Waals surface area (Å²) < 4.78 is 29.5. The molecule has 5 nitrogen and oxygen atoms in total. The third kappa shape index (κ3) is 8.83. The second-order valence-electron chi connectivity index (χ2n) is 5.47. The van der Waals surface area contributed by atoms with E-state index in [-0.39, 0.29) is 24.0 Å². The molecule has 1 aromatic heterocycles. The van der Waals surface area contributed by atoms with Crippen molar-refractivity contribution in [1.82, 2.24) is 15.6 Å². The van der Waals surface area contributed by atoms with Crippen molar-refractivity contribution in [1.29, 1.82) is 0 Å². The predicted molar refractivity (Wildman–Crippen MR) is 117 cm³/mol. The maximum absolute atomic E-state index is 12.2. The fourth-order valence-corrected chi connectivity index (χ4v) is 2.96. The van der Waals surface area contributed by atoms with Crippen molar-refractivity contribution in [3.63, 3.8) is 0 Å². The zero-order valence-corrected chi connectivity index (χ0v) is 18.5. The van der Waals surface area contributed by atoms with Gasteiger partial charge in [0.25, 0.3) is 6.43 Å². The average molecular weight is 510 g/mol. The highest BCUT2D eigenvalue weighted by Crippen LogP contribution is 2.15. The standard InChI is InChI=1S/C18H24F2N4OS.HI/c1-3-15-10-22-17(26-15)11-24-18(21-4-2)23-9-13-6-5-7-14(8-13)25-12-16(19)20;/h5-8,10,16H,3-4,9,11-12H2,1-2H3,(H2,21,23,24);1H. The molecule has 0 bridgehead atoms. The van der Waals surface area contributed by atoms with Crippen LogP contribution in [0.5, 0.6) is 5.75 Å². The van der Waals surface area contributed by atoms with Gasteiger partial charge in [-0.25, -0.2) is 18.8 Å². The van der Waals surface area contributed by atoms with Gasteiger partial charge in [0, 0.05) is 17.6 Å². The van der Waals surface area contributed by atoms with E-state index in [4.69, 9.17) is 4.74 Å². The van der Waals surface area contributed by atoms with E-state index in [2.05, 4.69) is 27.5 Å². The largest absolute Gasteiger partial charge is 0.488 e. The molecule has 2 aromatic rings. The SMILES string of the molecule is CCNC(=NCc1cccc(OCC(F)F)c1)NCc1ncc(CC)s1.I. The lowest BCUT2D eigenvalue weighted by atomic mass is 10.2. The maximum Gasteiger partial charge on any atom is 0.272 e. The number of halogens is 3. The molecule has 0 saturated heterocycles. The van der Waals surface area contributed by atoms with Crippen LogP contribution in [0.25, 0.3) is 0 Å². The van der Waals surface area contributed by atoms with E-state index in [0.29, 0.717) is 24.8 Å². The monoisotopic (exact) mass is 510 g/mol. The van der Waals surface area contributed by atoms with Gasteiger partial charge in [-0.05, 0) is 31.0 Å². The first kappa shape index (κ1) is 23.5. The first-order valence-electron chi connectivity index (χ1n) is 8.56. The third-order valence-corrected chi connectivity index (χ3v) is 4.54. The van der Waals surface area contributed by atoms with Crippen LogP contribution in [-0.2, 0) is 19.5 Å². The molecule has 0 radical (unpaired) electrons. The molecule has 27 heavy (non-hydrogen) atoms. The summed E-state index contributed by atoms with van der Waals surface area (Å²) in [5.41, 5.74) is 0.886. The Labute approximate surface area is 179 Å². The smallest absolute Gasteiger partial charge is 0.272 e. The van der Waals surface area contributed by atoms with Crippen LogP contribution >= 0.6 is 35.3 Å². The number of aryl methyl sites for hydroxylation is 1. The van der Waals surface area contributed by atoms with Gasteiger partial charge < -0.3 is 15.4 Å². The number of guanidine groups is 1. The molecule has 1 heterocycles. The van der Waals surface area contributed by atoms with Crippen LogP contribution in [0.15, 0.2) is 35.5 Å². The molecule has 2 N–H and O–H groups in total. The van der Waals surface area contributed by atoms with E-state index in [1.54, 1.807) is 29.5 Å². The molecule has 0 atom stereocenters. The quantitative estimate of drug-likeness (QED) is 0.302. The van der Waals surface area contributed by atoms with Gasteiger partial charge in [-0.3, -0.25) is 0 Å². The van der Waals surface area contributed by atoms with Gasteiger partial charge in [-0.1, -0.05) is 19.1 Å². The molecule has 0 aliphatic heterocycles. The van der Waals surface area contributed by atoms with E-state index < -0.39 is 13.0 Å². The Bertz CT molecular complexity index is 712. The fraction of sp³-hybridized carbons (Fsp3) is 0.444. The number of alkyl halides is 2. The van der Waals surface area contributed by atoms with E-state index in [0.717, 1.165) is 23.5 Å². The summed E-state index contributed by atoms with van der Waals surface area (Å²) in [6.07, 6.45) is 0.396. The fourth-order valence-electron chi connectivity index (χ4n) is 2.16. The van der Waals surface area contributed by atoms with Crippen molar-refractivity contribution in [3.8, 4) is 5.75 Å². The summed E-state index contributed by atoms with van der Waals surface area (Å²) >= 11 is 1.68. The summed E-state index contributed by atoms with van der Waals surface area (Å²) in [5, 5.41) is 7.45. The number of hydrogen-bond donors (Lipinski definition) is 2. The normalized spacial score (nSPS) is 11.2. The van der Waals surface area contributed by atoms with Gasteiger partial charge in [0.1, 0.15) is 17.4 Å². The second kappa shape index (κ2) is 12.8. The van der Waals surface area contributed by atoms with Gasteiger partial charge >= 0.3 is 0 Å². The Morgan fingerprint density at radius 2 is 2.11 bits per heavy atom. The molecule has 0 amide bonds. The predicted octanol–water partition coefficient (Wildman–Crippen LogP) is 4.22. The van der Waals surface area contributed by atoms with Crippen LogP contribution < -0.4 is 15.4 Å². The van der Waals surface area contributed by atoms with Gasteiger partial charge in [-0.15, -0.1) is 35.3 Å². The lowest BCUT2D eigenvalue weighted by Crippen LogP contribution is -2.36. The number of hydrogen-bond acceptors (Lipinski definition) is 4. The minimum atomic E-state index is -2.49. The highest BCUT2D eigenvalue weighted by molar-refractivity contribution is 14.0. The van der Waals surface area contributed by atoms with Crippen molar-refractivity contribution < 1.29 is 13.5 Å². The number of benzene rings is 1. The van der Waals surface area contributed by atoms with Gasteiger partial charge in [-0.2, -0.15) is 0 Å². The van der Waals surface area contributed by atoms with E-state index >= 15 is 0 Å². The minimum Gasteiger partial charge on any atom is -0.488 e. The minimum absolute atomic E-state index is 0. The Morgan fingerprint density at radius 1 is 1.30 bits per heavy atom. The molecule has 0 spiro atoms. The molecule has 2 rings (SSSR count). The zero-order valence-electron chi connectivity index (χ0n) is 15.4. The summed E-state index contributed by atoms with van der Waals surface area (Å²) in [7, 11) is 0. The average Bonchev–Trinajstić information content (AvgIpc) is 3.11. The van der Waals surface area contributed by atoms with Crippen LogP contribution in [0.3, 0.4) is 0 Å². The molecule has 0 fully saturated rings. The van der Waals surface area contributed by atoms with Crippen molar-refractivity contribution in [2.75, 3.05) is 13.2 Å². The topological polar surface area (TPSA) is 58.5 Å². The van der Waals surface area contributed by atoms with E-state index in [1.165, 1.54) is 4.88 Å². The van der Waals surface area contributed by atoms with Crippen LogP contribution in [0, 0.1) is 0 Å². The summed E-state index contributed by atoms with van der Waals surface area (Å²) in [6.45, 7) is 5.25. The Balaban J connectivity index is 0.00000364. The Hall–Kier alpha value is -1.49. The number of thiazole rings is 1. The van der Waals surface area contributed by atoms with Crippen LogP contribution in [0.2, 0.25) is 0 Å². The number of rotatable bonds is 9. The Kier molecular flexibility index (Phi) is 11.2. The molecule has 0 unspecified atom stereocenters. The number of nitrogens with zero attached hydrogens (tertiary/aromatic N) is 2. The molecule has 9 heteroatoms. The van der Waals surface area contributed by atoms with Crippen LogP contribution in [-0.4, -0.2) is 30.5 Å². The molecule has 0 saturated carbocycles. The number of aliphatic imine (C=N–C) groups is 1. The van der Waals surface area contributed by atoms with Crippen LogP contribution in [0.1, 0.15) is 29.3 Å². The first-order valence-corrected chi connectivity index (χ1v) is 9.38. The number of nitrogens with one attached hydrogen (secondary N) is 2. The summed E-state index contributed by atoms with van der Waals surface area (Å²) in [5.74, 6) is 1.10. The Morgan fingerprint density at radius 3 is 2.78 bits per heavy atom. The van der Waals surface area contributed by atoms with E-state index in [9.17, 15) is 8.78 Å². The lowest BCUT2D eigenvalue weighted by molar-refractivity contribution is 0.0818. The van der Waals surface area contributed by atoms with Crippen molar-refractivity contribution >= 4 is 41.3 Å². The maximum atomic E-state index is 12.2. The molecular weight excluding hydrogens is 485 g/mol. The van der Waals surface area contributed by atoms with Gasteiger partial charge in [0.15, 0.2) is 5.96 Å². The van der Waals surface area contributed by atoms with Crippen molar-refractivity contribution in [2.45, 2.75) is 39.8 Å². The van der Waals surface area contributed by atoms with Gasteiger partial charge in [0.2, 0.25) is 0 Å². The summed E-state index contributed by atoms with van der Waals surface area (Å²) in [4.78, 5) is 10.2. The molecular formula is C18H25F2IN4OS. The van der Waals surface area contributed by atoms with E-state index in [1.807, 2.05) is 19.2 Å². The molecule has 0 aliphatic carbocycles. The second-order valence-corrected chi connectivity index (χ2v) is 6.67. The van der Waals surface area contributed by atoms with Crippen molar-refractivity contribution in [2.24, 2.45) is 4.99 Å². The number of aromatic nitrogens is 1. The lowest BCUT2D eigenvalue weighted by Gasteiger charge is -2.10.